The molecule has 0 saturated heterocycles. The molecule has 4 nitrogen and oxygen atoms in total. The highest BCUT2D eigenvalue weighted by Crippen LogP contribution is 2.21. The Morgan fingerprint density at radius 1 is 1.33 bits per heavy atom. The Kier molecular flexibility index (Phi) is 4.65. The Bertz CT molecular complexity index is 689. The molecule has 6 heteroatoms. The van der Waals surface area contributed by atoms with Crippen molar-refractivity contribution in [1.29, 1.82) is 0 Å². The summed E-state index contributed by atoms with van der Waals surface area (Å²) in [5.74, 6) is 0.0838. The molecule has 3 N–H and O–H groups in total. The van der Waals surface area contributed by atoms with Gasteiger partial charge in [-0.25, -0.2) is 4.39 Å². The summed E-state index contributed by atoms with van der Waals surface area (Å²) in [6, 6.07) is 9.61. The van der Waals surface area contributed by atoms with Gasteiger partial charge >= 0.3 is 0 Å². The molecule has 21 heavy (non-hydrogen) atoms. The van der Waals surface area contributed by atoms with Crippen LogP contribution in [0.1, 0.15) is 16.7 Å². The van der Waals surface area contributed by atoms with E-state index < -0.39 is 0 Å². The van der Waals surface area contributed by atoms with Crippen LogP contribution in [0.3, 0.4) is 0 Å². The lowest BCUT2D eigenvalue weighted by atomic mass is 10.1. The van der Waals surface area contributed by atoms with Gasteiger partial charge in [0.05, 0.1) is 0 Å². The topological polar surface area (TPSA) is 67.8 Å². The molecule has 0 saturated carbocycles. The molecule has 0 aliphatic rings. The Morgan fingerprint density at radius 2 is 2.10 bits per heavy atom. The highest BCUT2D eigenvalue weighted by Gasteiger charge is 2.07. The molecular formula is C15H14ClFN2O2. The van der Waals surface area contributed by atoms with E-state index in [0.717, 1.165) is 0 Å². The van der Waals surface area contributed by atoms with E-state index in [2.05, 4.69) is 5.16 Å². The van der Waals surface area contributed by atoms with E-state index in [1.807, 2.05) is 0 Å². The average molecular weight is 309 g/mol. The smallest absolute Gasteiger partial charge is 0.170 e. The second-order valence-electron chi connectivity index (χ2n) is 4.49. The van der Waals surface area contributed by atoms with Gasteiger partial charge in [-0.15, -0.1) is 0 Å². The molecule has 110 valence electrons. The monoisotopic (exact) mass is 308 g/mol. The summed E-state index contributed by atoms with van der Waals surface area (Å²) < 4.78 is 18.9. The Hall–Kier alpha value is -2.27. The number of aryl methyl sites for hydroxylation is 1. The zero-order valence-corrected chi connectivity index (χ0v) is 12.1. The SMILES string of the molecule is Cc1ccc(OCc2ccc(/C(N)=N/O)cc2Cl)cc1F. The van der Waals surface area contributed by atoms with Crippen LogP contribution in [0.5, 0.6) is 5.75 Å². The van der Waals surface area contributed by atoms with Gasteiger partial charge in [0, 0.05) is 22.2 Å². The number of nitrogens with zero attached hydrogens (tertiary/aromatic N) is 1. The lowest BCUT2D eigenvalue weighted by Crippen LogP contribution is -2.13. The average Bonchev–Trinajstić information content (AvgIpc) is 2.48. The highest BCUT2D eigenvalue weighted by atomic mass is 35.5. The minimum atomic E-state index is -0.319. The summed E-state index contributed by atoms with van der Waals surface area (Å²) in [6.45, 7) is 1.87. The number of rotatable bonds is 4. The molecule has 2 rings (SSSR count). The van der Waals surface area contributed by atoms with Gasteiger partial charge in [0.25, 0.3) is 0 Å². The highest BCUT2D eigenvalue weighted by molar-refractivity contribution is 6.31. The maximum Gasteiger partial charge on any atom is 0.170 e. The standard InChI is InChI=1S/C15H14ClFN2O2/c1-9-2-5-12(7-14(9)17)21-8-11-4-3-10(6-13(11)16)15(18)19-20/h2-7,20H,8H2,1H3,(H2,18,19). The molecule has 0 bridgehead atoms. The van der Waals surface area contributed by atoms with Crippen LogP contribution >= 0.6 is 11.6 Å². The van der Waals surface area contributed by atoms with Crippen molar-refractivity contribution in [3.63, 3.8) is 0 Å². The molecular weight excluding hydrogens is 295 g/mol. The van der Waals surface area contributed by atoms with Crippen molar-refractivity contribution in [3.05, 3.63) is 63.9 Å². The number of nitrogens with two attached hydrogens (primary N) is 1. The van der Waals surface area contributed by atoms with Crippen LogP contribution in [0, 0.1) is 12.7 Å². The van der Waals surface area contributed by atoms with Gasteiger partial charge in [-0.3, -0.25) is 0 Å². The number of benzene rings is 2. The van der Waals surface area contributed by atoms with E-state index in [1.165, 1.54) is 6.07 Å². The summed E-state index contributed by atoms with van der Waals surface area (Å²) in [7, 11) is 0. The quantitative estimate of drug-likeness (QED) is 0.393. The number of halogens is 2. The number of ether oxygens (including phenoxy) is 1. The van der Waals surface area contributed by atoms with Crippen LogP contribution in [-0.4, -0.2) is 11.0 Å². The predicted molar refractivity (Wildman–Crippen MR) is 79.4 cm³/mol. The zero-order valence-electron chi connectivity index (χ0n) is 11.3. The molecule has 0 radical (unpaired) electrons. The van der Waals surface area contributed by atoms with Crippen LogP contribution in [-0.2, 0) is 6.61 Å². The fourth-order valence-electron chi connectivity index (χ4n) is 1.71. The Morgan fingerprint density at radius 3 is 2.71 bits per heavy atom. The second-order valence-corrected chi connectivity index (χ2v) is 4.90. The molecule has 0 unspecified atom stereocenters. The first-order valence-electron chi connectivity index (χ1n) is 6.16. The van der Waals surface area contributed by atoms with Crippen molar-refractivity contribution in [2.75, 3.05) is 0 Å². The van der Waals surface area contributed by atoms with Crippen molar-refractivity contribution in [3.8, 4) is 5.75 Å². The fourth-order valence-corrected chi connectivity index (χ4v) is 1.94. The third-order valence-electron chi connectivity index (χ3n) is 2.99. The molecule has 0 heterocycles. The first kappa shape index (κ1) is 15.1. The van der Waals surface area contributed by atoms with E-state index in [0.29, 0.717) is 27.5 Å². The van der Waals surface area contributed by atoms with Gasteiger partial charge < -0.3 is 15.7 Å². The van der Waals surface area contributed by atoms with E-state index >= 15 is 0 Å². The maximum atomic E-state index is 13.4. The van der Waals surface area contributed by atoms with Gasteiger partial charge in [0.2, 0.25) is 0 Å². The Balaban J connectivity index is 2.11. The van der Waals surface area contributed by atoms with Crippen molar-refractivity contribution in [2.24, 2.45) is 10.9 Å². The fraction of sp³-hybridized carbons (Fsp3) is 0.133. The molecule has 0 aromatic heterocycles. The van der Waals surface area contributed by atoms with E-state index in [-0.39, 0.29) is 18.3 Å². The molecule has 0 aliphatic carbocycles. The third-order valence-corrected chi connectivity index (χ3v) is 3.35. The summed E-state index contributed by atoms with van der Waals surface area (Å²) in [6.07, 6.45) is 0. The Labute approximate surface area is 126 Å². The second kappa shape index (κ2) is 6.45. The van der Waals surface area contributed by atoms with E-state index in [9.17, 15) is 4.39 Å². The molecule has 0 atom stereocenters. The predicted octanol–water partition coefficient (Wildman–Crippen LogP) is 3.46. The van der Waals surface area contributed by atoms with Gasteiger partial charge in [-0.05, 0) is 24.6 Å². The van der Waals surface area contributed by atoms with Crippen LogP contribution in [0.2, 0.25) is 5.02 Å². The van der Waals surface area contributed by atoms with Crippen molar-refractivity contribution in [1.82, 2.24) is 0 Å². The molecule has 0 amide bonds. The lowest BCUT2D eigenvalue weighted by molar-refractivity contribution is 0.304. The summed E-state index contributed by atoms with van der Waals surface area (Å²) in [5.41, 5.74) is 7.26. The van der Waals surface area contributed by atoms with Crippen molar-refractivity contribution < 1.29 is 14.3 Å². The summed E-state index contributed by atoms with van der Waals surface area (Å²) in [4.78, 5) is 0. The number of hydrogen-bond acceptors (Lipinski definition) is 3. The molecule has 0 fully saturated rings. The van der Waals surface area contributed by atoms with Crippen LogP contribution in [0.4, 0.5) is 4.39 Å². The summed E-state index contributed by atoms with van der Waals surface area (Å²) >= 11 is 6.11. The van der Waals surface area contributed by atoms with Gasteiger partial charge in [-0.2, -0.15) is 0 Å². The van der Waals surface area contributed by atoms with Gasteiger partial charge in [0.15, 0.2) is 5.84 Å². The molecule has 0 aliphatic heterocycles. The normalized spacial score (nSPS) is 11.5. The minimum absolute atomic E-state index is 0.0232. The number of hydrogen-bond donors (Lipinski definition) is 2. The minimum Gasteiger partial charge on any atom is -0.489 e. The van der Waals surface area contributed by atoms with E-state index in [1.54, 1.807) is 37.3 Å². The zero-order chi connectivity index (χ0) is 15.4. The van der Waals surface area contributed by atoms with Gasteiger partial charge in [-0.1, -0.05) is 35.0 Å². The maximum absolute atomic E-state index is 13.4. The molecule has 2 aromatic carbocycles. The van der Waals surface area contributed by atoms with Crippen molar-refractivity contribution >= 4 is 17.4 Å². The van der Waals surface area contributed by atoms with Crippen molar-refractivity contribution in [2.45, 2.75) is 13.5 Å². The number of amidine groups is 1. The van der Waals surface area contributed by atoms with Crippen LogP contribution in [0.25, 0.3) is 0 Å². The first-order chi connectivity index (χ1) is 10.0. The molecule has 0 spiro atoms. The first-order valence-corrected chi connectivity index (χ1v) is 6.54. The lowest BCUT2D eigenvalue weighted by Gasteiger charge is -2.09. The van der Waals surface area contributed by atoms with Crippen LogP contribution in [0.15, 0.2) is 41.6 Å². The largest absolute Gasteiger partial charge is 0.489 e. The summed E-state index contributed by atoms with van der Waals surface area (Å²) in [5, 5.41) is 11.9. The van der Waals surface area contributed by atoms with E-state index in [4.69, 9.17) is 27.3 Å². The van der Waals surface area contributed by atoms with Gasteiger partial charge in [0.1, 0.15) is 18.2 Å². The molecule has 2 aromatic rings. The third kappa shape index (κ3) is 3.64. The number of oxime groups is 1. The van der Waals surface area contributed by atoms with Crippen LogP contribution < -0.4 is 10.5 Å².